The highest BCUT2D eigenvalue weighted by molar-refractivity contribution is 7.09. The van der Waals surface area contributed by atoms with Crippen molar-refractivity contribution < 1.29 is 5.21 Å². The minimum atomic E-state index is 0.276. The van der Waals surface area contributed by atoms with Crippen molar-refractivity contribution >= 4 is 17.2 Å². The quantitative estimate of drug-likeness (QED) is 0.356. The minimum absolute atomic E-state index is 0.276. The Kier molecular flexibility index (Phi) is 4.51. The monoisotopic (exact) mass is 269 g/mol. The molecule has 0 radical (unpaired) electrons. The molecule has 100 valence electrons. The number of aromatic nitrogens is 1. The minimum Gasteiger partial charge on any atom is -0.409 e. The molecule has 6 nitrogen and oxygen atoms in total. The second-order valence-corrected chi connectivity index (χ2v) is 5.56. The van der Waals surface area contributed by atoms with Gasteiger partial charge in [0.1, 0.15) is 0 Å². The molecule has 0 amide bonds. The van der Waals surface area contributed by atoms with Crippen LogP contribution in [0.1, 0.15) is 10.7 Å². The Hall–Kier alpha value is -1.18. The first-order valence-electron chi connectivity index (χ1n) is 5.99. The molecule has 0 saturated carbocycles. The van der Waals surface area contributed by atoms with Crippen molar-refractivity contribution in [1.82, 2.24) is 14.8 Å². The van der Waals surface area contributed by atoms with E-state index in [1.165, 1.54) is 0 Å². The third kappa shape index (κ3) is 3.66. The summed E-state index contributed by atoms with van der Waals surface area (Å²) in [4.78, 5) is 9.06. The highest BCUT2D eigenvalue weighted by Gasteiger charge is 2.18. The lowest BCUT2D eigenvalue weighted by Crippen LogP contribution is -2.48. The third-order valence-electron chi connectivity index (χ3n) is 3.03. The number of thiazole rings is 1. The van der Waals surface area contributed by atoms with Crippen molar-refractivity contribution in [2.45, 2.75) is 13.5 Å². The van der Waals surface area contributed by atoms with Crippen LogP contribution in [0.3, 0.4) is 0 Å². The highest BCUT2D eigenvalue weighted by atomic mass is 32.1. The topological polar surface area (TPSA) is 78.0 Å². The predicted octanol–water partition coefficient (Wildman–Crippen LogP) is 0.316. The maximum absolute atomic E-state index is 8.53. The fourth-order valence-electron chi connectivity index (χ4n) is 2.08. The SMILES string of the molecule is Cc1nc(CN2CCN(CC(N)=NO)CC2)cs1. The number of hydrogen-bond donors (Lipinski definition) is 2. The fraction of sp³-hybridized carbons (Fsp3) is 0.636. The molecule has 7 heteroatoms. The predicted molar refractivity (Wildman–Crippen MR) is 72.0 cm³/mol. The van der Waals surface area contributed by atoms with Crippen molar-refractivity contribution in [2.75, 3.05) is 32.7 Å². The van der Waals surface area contributed by atoms with E-state index in [4.69, 9.17) is 10.9 Å². The van der Waals surface area contributed by atoms with Crippen LogP contribution in [-0.4, -0.2) is 58.6 Å². The summed E-state index contributed by atoms with van der Waals surface area (Å²) in [5, 5.41) is 14.8. The molecule has 18 heavy (non-hydrogen) atoms. The normalized spacial score (nSPS) is 19.3. The van der Waals surface area contributed by atoms with E-state index < -0.39 is 0 Å². The number of amidine groups is 1. The van der Waals surface area contributed by atoms with Gasteiger partial charge in [-0.05, 0) is 6.92 Å². The molecule has 1 saturated heterocycles. The molecule has 0 atom stereocenters. The lowest BCUT2D eigenvalue weighted by atomic mass is 10.3. The van der Waals surface area contributed by atoms with Crippen molar-refractivity contribution in [1.29, 1.82) is 0 Å². The first kappa shape index (κ1) is 13.3. The van der Waals surface area contributed by atoms with Gasteiger partial charge in [-0.2, -0.15) is 0 Å². The van der Waals surface area contributed by atoms with E-state index in [9.17, 15) is 0 Å². The van der Waals surface area contributed by atoms with Crippen molar-refractivity contribution in [3.63, 3.8) is 0 Å². The average Bonchev–Trinajstić information content (AvgIpc) is 2.77. The first-order chi connectivity index (χ1) is 8.67. The van der Waals surface area contributed by atoms with Crippen molar-refractivity contribution in [3.8, 4) is 0 Å². The van der Waals surface area contributed by atoms with E-state index in [0.29, 0.717) is 6.54 Å². The number of rotatable bonds is 4. The van der Waals surface area contributed by atoms with Gasteiger partial charge in [0.15, 0.2) is 5.84 Å². The van der Waals surface area contributed by atoms with Gasteiger partial charge < -0.3 is 10.9 Å². The highest BCUT2D eigenvalue weighted by Crippen LogP contribution is 2.12. The molecule has 2 heterocycles. The molecular weight excluding hydrogens is 250 g/mol. The summed E-state index contributed by atoms with van der Waals surface area (Å²) in [5.74, 6) is 0.276. The second-order valence-electron chi connectivity index (χ2n) is 4.50. The fourth-order valence-corrected chi connectivity index (χ4v) is 2.68. The standard InChI is InChI=1S/C11H19N5OS/c1-9-13-10(8-18-9)6-15-2-4-16(5-3-15)7-11(12)14-17/h8,17H,2-7H2,1H3,(H2,12,14). The Morgan fingerprint density at radius 3 is 2.67 bits per heavy atom. The smallest absolute Gasteiger partial charge is 0.153 e. The second kappa shape index (κ2) is 6.12. The van der Waals surface area contributed by atoms with Crippen LogP contribution < -0.4 is 5.73 Å². The van der Waals surface area contributed by atoms with Gasteiger partial charge in [-0.3, -0.25) is 9.80 Å². The van der Waals surface area contributed by atoms with Gasteiger partial charge in [0, 0.05) is 38.1 Å². The van der Waals surface area contributed by atoms with E-state index in [-0.39, 0.29) is 5.84 Å². The number of nitrogens with zero attached hydrogens (tertiary/aromatic N) is 4. The van der Waals surface area contributed by atoms with Crippen molar-refractivity contribution in [2.24, 2.45) is 10.9 Å². The van der Waals surface area contributed by atoms with E-state index >= 15 is 0 Å². The summed E-state index contributed by atoms with van der Waals surface area (Å²) < 4.78 is 0. The third-order valence-corrected chi connectivity index (χ3v) is 3.85. The summed E-state index contributed by atoms with van der Waals surface area (Å²) in [6.07, 6.45) is 0. The van der Waals surface area contributed by atoms with Gasteiger partial charge in [-0.25, -0.2) is 4.98 Å². The molecule has 0 aromatic carbocycles. The lowest BCUT2D eigenvalue weighted by molar-refractivity contribution is 0.138. The maximum atomic E-state index is 8.53. The van der Waals surface area contributed by atoms with E-state index in [1.54, 1.807) is 11.3 Å². The molecular formula is C11H19N5OS. The number of nitrogens with two attached hydrogens (primary N) is 1. The number of hydrogen-bond acceptors (Lipinski definition) is 6. The summed E-state index contributed by atoms with van der Waals surface area (Å²) in [5.41, 5.74) is 6.66. The molecule has 0 bridgehead atoms. The van der Waals surface area contributed by atoms with Gasteiger partial charge >= 0.3 is 0 Å². The van der Waals surface area contributed by atoms with Crippen LogP contribution in [-0.2, 0) is 6.54 Å². The zero-order valence-electron chi connectivity index (χ0n) is 10.5. The number of oxime groups is 1. The van der Waals surface area contributed by atoms with Crippen LogP contribution in [0, 0.1) is 6.92 Å². The Balaban J connectivity index is 1.76. The van der Waals surface area contributed by atoms with Gasteiger partial charge in [0.25, 0.3) is 0 Å². The summed E-state index contributed by atoms with van der Waals surface area (Å²) in [6.45, 7) is 7.37. The van der Waals surface area contributed by atoms with Crippen LogP contribution >= 0.6 is 11.3 Å². The molecule has 1 aromatic heterocycles. The van der Waals surface area contributed by atoms with Crippen LogP contribution in [0.5, 0.6) is 0 Å². The van der Waals surface area contributed by atoms with E-state index in [1.807, 2.05) is 6.92 Å². The van der Waals surface area contributed by atoms with Crippen LogP contribution in [0.4, 0.5) is 0 Å². The average molecular weight is 269 g/mol. The zero-order valence-corrected chi connectivity index (χ0v) is 11.4. The molecule has 0 unspecified atom stereocenters. The van der Waals surface area contributed by atoms with Crippen LogP contribution in [0.2, 0.25) is 0 Å². The largest absolute Gasteiger partial charge is 0.409 e. The zero-order chi connectivity index (χ0) is 13.0. The summed E-state index contributed by atoms with van der Waals surface area (Å²) in [7, 11) is 0. The molecule has 1 aliphatic heterocycles. The van der Waals surface area contributed by atoms with Gasteiger partial charge in [-0.1, -0.05) is 5.16 Å². The summed E-state index contributed by atoms with van der Waals surface area (Å²) in [6, 6.07) is 0. The van der Waals surface area contributed by atoms with Crippen LogP contribution in [0.25, 0.3) is 0 Å². The Morgan fingerprint density at radius 2 is 2.11 bits per heavy atom. The number of aryl methyl sites for hydroxylation is 1. The van der Waals surface area contributed by atoms with E-state index in [2.05, 4.69) is 25.3 Å². The molecule has 1 aromatic rings. The maximum Gasteiger partial charge on any atom is 0.153 e. The molecule has 1 fully saturated rings. The molecule has 3 N–H and O–H groups in total. The molecule has 1 aliphatic rings. The van der Waals surface area contributed by atoms with Gasteiger partial charge in [0.2, 0.25) is 0 Å². The molecule has 0 spiro atoms. The van der Waals surface area contributed by atoms with Crippen LogP contribution in [0.15, 0.2) is 10.5 Å². The Labute approximate surface area is 111 Å². The Morgan fingerprint density at radius 1 is 1.44 bits per heavy atom. The molecule has 0 aliphatic carbocycles. The Bertz CT molecular complexity index is 411. The van der Waals surface area contributed by atoms with Crippen molar-refractivity contribution in [3.05, 3.63) is 16.1 Å². The molecule has 2 rings (SSSR count). The summed E-state index contributed by atoms with van der Waals surface area (Å²) >= 11 is 1.70. The lowest BCUT2D eigenvalue weighted by Gasteiger charge is -2.33. The first-order valence-corrected chi connectivity index (χ1v) is 6.87. The van der Waals surface area contributed by atoms with E-state index in [0.717, 1.165) is 43.4 Å². The number of piperazine rings is 1. The van der Waals surface area contributed by atoms with Gasteiger partial charge in [0.05, 0.1) is 17.2 Å². The van der Waals surface area contributed by atoms with Gasteiger partial charge in [-0.15, -0.1) is 11.3 Å².